The molecular formula is C17H28N2OSi. The summed E-state index contributed by atoms with van der Waals surface area (Å²) >= 11 is 0. The molecule has 0 unspecified atom stereocenters. The Balaban J connectivity index is 1.80. The minimum atomic E-state index is -1.19. The molecular weight excluding hydrogens is 276 g/mol. The van der Waals surface area contributed by atoms with Crippen molar-refractivity contribution in [2.24, 2.45) is 0 Å². The number of nitrogens with one attached hydrogen (secondary N) is 1. The molecule has 0 aliphatic carbocycles. The molecule has 0 radical (unpaired) electrons. The molecule has 1 fully saturated rings. The van der Waals surface area contributed by atoms with Crippen LogP contribution in [0.3, 0.4) is 0 Å². The third kappa shape index (κ3) is 4.68. The van der Waals surface area contributed by atoms with Crippen LogP contribution in [0.25, 0.3) is 0 Å². The number of amides is 1. The second-order valence-electron chi connectivity index (χ2n) is 7.11. The number of carbonyl (C=O) groups is 1. The Labute approximate surface area is 129 Å². The number of nitrogens with zero attached hydrogens (tertiary/aromatic N) is 1. The van der Waals surface area contributed by atoms with Crippen molar-refractivity contribution in [2.75, 3.05) is 13.1 Å². The van der Waals surface area contributed by atoms with Gasteiger partial charge in [0.2, 0.25) is 5.91 Å². The maximum absolute atomic E-state index is 11.3. The number of hydrogen-bond acceptors (Lipinski definition) is 2. The molecule has 0 atom stereocenters. The van der Waals surface area contributed by atoms with Crippen molar-refractivity contribution in [2.45, 2.75) is 52.0 Å². The largest absolute Gasteiger partial charge is 0.343 e. The predicted octanol–water partition coefficient (Wildman–Crippen LogP) is 2.33. The van der Waals surface area contributed by atoms with Gasteiger partial charge in [0.05, 0.1) is 8.07 Å². The van der Waals surface area contributed by atoms with Crippen molar-refractivity contribution in [3.05, 3.63) is 29.8 Å². The van der Waals surface area contributed by atoms with Crippen LogP contribution in [0.2, 0.25) is 19.6 Å². The van der Waals surface area contributed by atoms with Gasteiger partial charge < -0.3 is 10.2 Å². The summed E-state index contributed by atoms with van der Waals surface area (Å²) < 4.78 is 0. The molecule has 21 heavy (non-hydrogen) atoms. The van der Waals surface area contributed by atoms with E-state index in [1.165, 1.54) is 10.8 Å². The van der Waals surface area contributed by atoms with Crippen LogP contribution in [0.1, 0.15) is 25.3 Å². The summed E-state index contributed by atoms with van der Waals surface area (Å²) in [5.41, 5.74) is 1.35. The first-order valence-electron chi connectivity index (χ1n) is 7.94. The van der Waals surface area contributed by atoms with Crippen LogP contribution < -0.4 is 10.5 Å². The Morgan fingerprint density at radius 1 is 1.19 bits per heavy atom. The van der Waals surface area contributed by atoms with Crippen molar-refractivity contribution in [1.29, 1.82) is 0 Å². The summed E-state index contributed by atoms with van der Waals surface area (Å²) in [6, 6.07) is 9.64. The van der Waals surface area contributed by atoms with Crippen LogP contribution in [0.5, 0.6) is 0 Å². The van der Waals surface area contributed by atoms with Gasteiger partial charge in [-0.25, -0.2) is 0 Å². The number of hydrogen-bond donors (Lipinski definition) is 1. The molecule has 116 valence electrons. The van der Waals surface area contributed by atoms with Crippen LogP contribution in [-0.4, -0.2) is 38.0 Å². The highest BCUT2D eigenvalue weighted by molar-refractivity contribution is 6.88. The molecule has 0 aromatic heterocycles. The number of rotatable bonds is 4. The Bertz CT molecular complexity index is 471. The molecule has 0 spiro atoms. The van der Waals surface area contributed by atoms with E-state index in [1.807, 2.05) is 4.90 Å². The van der Waals surface area contributed by atoms with Crippen molar-refractivity contribution < 1.29 is 4.79 Å². The van der Waals surface area contributed by atoms with Gasteiger partial charge >= 0.3 is 0 Å². The molecule has 0 saturated carbocycles. The zero-order valence-corrected chi connectivity index (χ0v) is 14.8. The smallest absolute Gasteiger partial charge is 0.219 e. The minimum absolute atomic E-state index is 0.204. The second kappa shape index (κ2) is 6.75. The first kappa shape index (κ1) is 16.2. The molecule has 1 aliphatic rings. The van der Waals surface area contributed by atoms with Crippen molar-refractivity contribution in [1.82, 2.24) is 10.2 Å². The normalized spacial score (nSPS) is 17.0. The van der Waals surface area contributed by atoms with Gasteiger partial charge in [-0.2, -0.15) is 0 Å². The molecule has 2 rings (SSSR count). The van der Waals surface area contributed by atoms with Gasteiger partial charge in [-0.1, -0.05) is 49.1 Å². The molecule has 3 nitrogen and oxygen atoms in total. The molecule has 4 heteroatoms. The van der Waals surface area contributed by atoms with E-state index in [0.29, 0.717) is 6.04 Å². The van der Waals surface area contributed by atoms with E-state index in [0.717, 1.165) is 32.5 Å². The number of carbonyl (C=O) groups excluding carboxylic acids is 1. The fourth-order valence-electron chi connectivity index (χ4n) is 2.78. The molecule has 1 aromatic carbocycles. The molecule has 1 saturated heterocycles. The Kier molecular flexibility index (Phi) is 5.22. The first-order chi connectivity index (χ1) is 9.86. The highest BCUT2D eigenvalue weighted by Crippen LogP contribution is 2.11. The van der Waals surface area contributed by atoms with Gasteiger partial charge in [-0.3, -0.25) is 4.79 Å². The van der Waals surface area contributed by atoms with Gasteiger partial charge in [0.25, 0.3) is 0 Å². The quantitative estimate of drug-likeness (QED) is 0.866. The third-order valence-electron chi connectivity index (χ3n) is 4.36. The monoisotopic (exact) mass is 304 g/mol. The standard InChI is InChI=1S/C17H28N2OSi/c1-14(20)19-11-9-16(10-12-19)18-13-15-5-7-17(8-6-15)21(2,3)4/h5-8,16,18H,9-13H2,1-4H3. The SMILES string of the molecule is CC(=O)N1CCC(NCc2ccc([Si](C)(C)C)cc2)CC1. The lowest BCUT2D eigenvalue weighted by atomic mass is 10.0. The fourth-order valence-corrected chi connectivity index (χ4v) is 3.95. The van der Waals surface area contributed by atoms with Crippen molar-refractivity contribution >= 4 is 19.2 Å². The van der Waals surface area contributed by atoms with E-state index < -0.39 is 8.07 Å². The predicted molar refractivity (Wildman–Crippen MR) is 91.5 cm³/mol. The average Bonchev–Trinajstić information content (AvgIpc) is 2.45. The van der Waals surface area contributed by atoms with Gasteiger partial charge in [0, 0.05) is 32.6 Å². The van der Waals surface area contributed by atoms with Gasteiger partial charge in [-0.05, 0) is 18.4 Å². The molecule has 1 aromatic rings. The highest BCUT2D eigenvalue weighted by Gasteiger charge is 2.20. The molecule has 1 N–H and O–H groups in total. The minimum Gasteiger partial charge on any atom is -0.343 e. The Morgan fingerprint density at radius 2 is 1.76 bits per heavy atom. The van der Waals surface area contributed by atoms with Crippen LogP contribution in [0.15, 0.2) is 24.3 Å². The maximum atomic E-state index is 11.3. The average molecular weight is 305 g/mol. The number of benzene rings is 1. The summed E-state index contributed by atoms with van der Waals surface area (Å²) in [7, 11) is -1.19. The van der Waals surface area contributed by atoms with Crippen LogP contribution in [-0.2, 0) is 11.3 Å². The van der Waals surface area contributed by atoms with E-state index in [1.54, 1.807) is 6.92 Å². The lowest BCUT2D eigenvalue weighted by Crippen LogP contribution is -2.44. The van der Waals surface area contributed by atoms with E-state index in [9.17, 15) is 4.79 Å². The van der Waals surface area contributed by atoms with Crippen LogP contribution >= 0.6 is 0 Å². The van der Waals surface area contributed by atoms with Crippen LogP contribution in [0.4, 0.5) is 0 Å². The van der Waals surface area contributed by atoms with Gasteiger partial charge in [0.1, 0.15) is 0 Å². The number of likely N-dealkylation sites (tertiary alicyclic amines) is 1. The second-order valence-corrected chi connectivity index (χ2v) is 12.2. The third-order valence-corrected chi connectivity index (χ3v) is 6.42. The Hall–Kier alpha value is -1.13. The highest BCUT2D eigenvalue weighted by atomic mass is 28.3. The van der Waals surface area contributed by atoms with Gasteiger partial charge in [0.15, 0.2) is 0 Å². The number of piperidine rings is 1. The summed E-state index contributed by atoms with van der Waals surface area (Å²) in [5, 5.41) is 5.14. The molecule has 1 aliphatic heterocycles. The summed E-state index contributed by atoms with van der Waals surface area (Å²) in [4.78, 5) is 13.3. The summed E-state index contributed by atoms with van der Waals surface area (Å²) in [6.07, 6.45) is 2.12. The lowest BCUT2D eigenvalue weighted by molar-refractivity contribution is -0.129. The van der Waals surface area contributed by atoms with Crippen LogP contribution in [0, 0.1) is 0 Å². The molecule has 1 amide bonds. The molecule has 0 bridgehead atoms. The lowest BCUT2D eigenvalue weighted by Gasteiger charge is -2.31. The van der Waals surface area contributed by atoms with E-state index in [4.69, 9.17) is 0 Å². The van der Waals surface area contributed by atoms with Crippen molar-refractivity contribution in [3.8, 4) is 0 Å². The summed E-state index contributed by atoms with van der Waals surface area (Å²) in [5.74, 6) is 0.204. The van der Waals surface area contributed by atoms with E-state index in [-0.39, 0.29) is 5.91 Å². The molecule has 1 heterocycles. The van der Waals surface area contributed by atoms with E-state index >= 15 is 0 Å². The summed E-state index contributed by atoms with van der Waals surface area (Å²) in [6.45, 7) is 11.5. The van der Waals surface area contributed by atoms with Crippen molar-refractivity contribution in [3.63, 3.8) is 0 Å². The zero-order valence-electron chi connectivity index (χ0n) is 13.8. The topological polar surface area (TPSA) is 32.3 Å². The Morgan fingerprint density at radius 3 is 2.24 bits per heavy atom. The zero-order chi connectivity index (χ0) is 15.5. The van der Waals surface area contributed by atoms with Gasteiger partial charge in [-0.15, -0.1) is 0 Å². The fraction of sp³-hybridized carbons (Fsp3) is 0.588. The first-order valence-corrected chi connectivity index (χ1v) is 11.4. The maximum Gasteiger partial charge on any atom is 0.219 e. The van der Waals surface area contributed by atoms with E-state index in [2.05, 4.69) is 49.2 Å².